The molecular formula is C42H64N8O11. The molecule has 0 bridgehead atoms. The van der Waals surface area contributed by atoms with E-state index in [1.54, 1.807) is 80.2 Å². The van der Waals surface area contributed by atoms with Crippen molar-refractivity contribution in [2.45, 2.75) is 138 Å². The number of aromatic amines is 1. The van der Waals surface area contributed by atoms with Gasteiger partial charge in [-0.25, -0.2) is 29.1 Å². The highest BCUT2D eigenvalue weighted by Gasteiger charge is 2.33. The molecule has 61 heavy (non-hydrogen) atoms. The molecule has 2 N–H and O–H groups in total. The molecule has 0 atom stereocenters. The monoisotopic (exact) mass is 856 g/mol. The summed E-state index contributed by atoms with van der Waals surface area (Å²) in [5.41, 5.74) is -2.59. The van der Waals surface area contributed by atoms with Crippen molar-refractivity contribution in [1.29, 1.82) is 0 Å². The number of H-pyrrole nitrogens is 1. The second-order valence-corrected chi connectivity index (χ2v) is 18.2. The van der Waals surface area contributed by atoms with E-state index in [1.807, 2.05) is 20.8 Å². The normalized spacial score (nSPS) is 13.2. The number of nitrogens with zero attached hydrogens (tertiary/aromatic N) is 6. The molecule has 4 heterocycles. The number of carbonyl (C=O) groups excluding carboxylic acids is 4. The summed E-state index contributed by atoms with van der Waals surface area (Å²) < 4.78 is 34.5. The highest BCUT2D eigenvalue weighted by atomic mass is 16.6. The van der Waals surface area contributed by atoms with Crippen molar-refractivity contribution in [1.82, 2.24) is 34.9 Å². The minimum Gasteiger partial charge on any atom is -0.493 e. The largest absolute Gasteiger partial charge is 0.493 e. The Morgan fingerprint density at radius 1 is 0.803 bits per heavy atom. The fourth-order valence-electron chi connectivity index (χ4n) is 5.48. The molecule has 1 fully saturated rings. The quantitative estimate of drug-likeness (QED) is 0.154. The second kappa shape index (κ2) is 20.6. The van der Waals surface area contributed by atoms with Crippen LogP contribution in [0.4, 0.5) is 30.8 Å². The summed E-state index contributed by atoms with van der Waals surface area (Å²) in [6, 6.07) is 3.06. The molecular weight excluding hydrogens is 793 g/mol. The summed E-state index contributed by atoms with van der Waals surface area (Å²) in [5.74, 6) is 0.169. The lowest BCUT2D eigenvalue weighted by atomic mass is 10.1. The first-order valence-corrected chi connectivity index (χ1v) is 20.2. The van der Waals surface area contributed by atoms with Crippen molar-refractivity contribution < 1.29 is 47.6 Å². The van der Waals surface area contributed by atoms with E-state index in [0.717, 1.165) is 41.7 Å². The first kappa shape index (κ1) is 49.5. The van der Waals surface area contributed by atoms with E-state index in [1.165, 1.54) is 25.8 Å². The lowest BCUT2D eigenvalue weighted by molar-refractivity contribution is 0.0215. The van der Waals surface area contributed by atoms with Gasteiger partial charge in [-0.15, -0.1) is 5.10 Å². The van der Waals surface area contributed by atoms with Gasteiger partial charge in [0.15, 0.2) is 5.82 Å². The Kier molecular flexibility index (Phi) is 16.7. The van der Waals surface area contributed by atoms with Crippen LogP contribution in [0.1, 0.15) is 114 Å². The summed E-state index contributed by atoms with van der Waals surface area (Å²) in [6.45, 7) is 25.0. The third-order valence-electron chi connectivity index (χ3n) is 7.73. The van der Waals surface area contributed by atoms with Crippen LogP contribution >= 0.6 is 0 Å². The van der Waals surface area contributed by atoms with E-state index in [0.29, 0.717) is 12.1 Å². The number of rotatable bonds is 9. The standard InChI is InChI=1S/C32H45N7O9.C10H19NO2/c1-19-15-21(45-14-12-13-34-27(41)46-30(2,3)4)25(26(35-19)44-11)20-16-22(37-39(20)29(43)48-32(8,9)10)38(28(42)47-31(5,6)7)23-17-33-18-24(40)36-23;1-10(2,3)13-9(12)11-7-5-4-6-8-11/h15-18H,12-14H2,1-11H3,(H,34,41)(H,36,40);4-8H2,1-3H3. The van der Waals surface area contributed by atoms with Gasteiger partial charge >= 0.3 is 24.4 Å². The van der Waals surface area contributed by atoms with E-state index >= 15 is 0 Å². The SMILES string of the molecule is CC(C)(C)OC(=O)N1CCCCC1.COc1nc(C)cc(OCCCNC(=O)OC(C)(C)C)c1-c1cc(N(C(=O)OC(C)(C)C)c2cncc(=O)[nH]2)nn1C(=O)OC(C)(C)C. The molecule has 1 aliphatic heterocycles. The van der Waals surface area contributed by atoms with E-state index in [-0.39, 0.29) is 59.4 Å². The molecule has 0 unspecified atom stereocenters. The van der Waals surface area contributed by atoms with Gasteiger partial charge in [-0.05, 0) is 116 Å². The van der Waals surface area contributed by atoms with Crippen LogP contribution in [-0.2, 0) is 18.9 Å². The average molecular weight is 857 g/mol. The van der Waals surface area contributed by atoms with Crippen LogP contribution in [0.3, 0.4) is 0 Å². The minimum atomic E-state index is -0.933. The number of anilines is 2. The van der Waals surface area contributed by atoms with Gasteiger partial charge in [-0.2, -0.15) is 4.68 Å². The third kappa shape index (κ3) is 16.6. The van der Waals surface area contributed by atoms with Gasteiger partial charge in [0.25, 0.3) is 5.56 Å². The molecule has 338 valence electrons. The fourth-order valence-corrected chi connectivity index (χ4v) is 5.48. The number of piperidine rings is 1. The van der Waals surface area contributed by atoms with Gasteiger partial charge in [0.05, 0.1) is 31.8 Å². The number of carbonyl (C=O) groups is 4. The summed E-state index contributed by atoms with van der Waals surface area (Å²) >= 11 is 0. The molecule has 3 aromatic heterocycles. The number of methoxy groups -OCH3 is 1. The molecule has 3 aromatic rings. The van der Waals surface area contributed by atoms with Crippen molar-refractivity contribution in [3.05, 3.63) is 40.6 Å². The molecule has 0 spiro atoms. The second-order valence-electron chi connectivity index (χ2n) is 18.2. The molecule has 3 amide bonds. The first-order chi connectivity index (χ1) is 28.2. The lowest BCUT2D eigenvalue weighted by Gasteiger charge is -2.29. The van der Waals surface area contributed by atoms with Crippen molar-refractivity contribution in [3.63, 3.8) is 0 Å². The Morgan fingerprint density at radius 2 is 1.39 bits per heavy atom. The van der Waals surface area contributed by atoms with Gasteiger partial charge in [0.1, 0.15) is 39.5 Å². The number of hydrogen-bond acceptors (Lipinski definition) is 14. The molecule has 0 saturated carbocycles. The smallest absolute Gasteiger partial charge is 0.435 e. The zero-order valence-corrected chi connectivity index (χ0v) is 38.1. The Morgan fingerprint density at radius 3 is 1.95 bits per heavy atom. The Labute approximate surface area is 357 Å². The highest BCUT2D eigenvalue weighted by molar-refractivity contribution is 5.95. The molecule has 1 aliphatic rings. The number of alkyl carbamates (subject to hydrolysis) is 1. The van der Waals surface area contributed by atoms with E-state index in [2.05, 4.69) is 25.4 Å². The Balaban J connectivity index is 0.000000648. The number of aromatic nitrogens is 5. The number of aryl methyl sites for hydroxylation is 1. The van der Waals surface area contributed by atoms with E-state index in [4.69, 9.17) is 28.4 Å². The lowest BCUT2D eigenvalue weighted by Crippen LogP contribution is -2.39. The molecule has 0 aliphatic carbocycles. The summed E-state index contributed by atoms with van der Waals surface area (Å²) in [6.07, 6.45) is 3.63. The number of likely N-dealkylation sites (tertiary alicyclic amines) is 1. The van der Waals surface area contributed by atoms with Crippen LogP contribution in [0.5, 0.6) is 11.6 Å². The predicted octanol–water partition coefficient (Wildman–Crippen LogP) is 7.90. The van der Waals surface area contributed by atoms with Gasteiger partial charge < -0.3 is 43.6 Å². The van der Waals surface area contributed by atoms with E-state index < -0.39 is 40.6 Å². The maximum absolute atomic E-state index is 13.6. The fraction of sp³-hybridized carbons (Fsp3) is 0.619. The van der Waals surface area contributed by atoms with E-state index in [9.17, 15) is 24.0 Å². The summed E-state index contributed by atoms with van der Waals surface area (Å²) in [4.78, 5) is 76.7. The Hall–Kier alpha value is -5.88. The van der Waals surface area contributed by atoms with Crippen molar-refractivity contribution in [3.8, 4) is 22.9 Å². The van der Waals surface area contributed by atoms with Crippen LogP contribution < -0.4 is 25.2 Å². The molecule has 4 rings (SSSR count). The topological polar surface area (TPSA) is 219 Å². The van der Waals surface area contributed by atoms with Crippen molar-refractivity contribution in [2.75, 3.05) is 38.3 Å². The number of hydrogen-bond donors (Lipinski definition) is 2. The molecule has 19 nitrogen and oxygen atoms in total. The predicted molar refractivity (Wildman–Crippen MR) is 228 cm³/mol. The zero-order chi connectivity index (χ0) is 45.9. The molecule has 0 radical (unpaired) electrons. The molecule has 1 saturated heterocycles. The number of amides is 3. The Bertz CT molecular complexity index is 2030. The van der Waals surface area contributed by atoms with Crippen LogP contribution in [0.2, 0.25) is 0 Å². The number of nitrogens with one attached hydrogen (secondary N) is 2. The van der Waals surface area contributed by atoms with Crippen LogP contribution in [0.15, 0.2) is 29.3 Å². The maximum Gasteiger partial charge on any atom is 0.435 e. The van der Waals surface area contributed by atoms with Crippen molar-refractivity contribution >= 4 is 36.0 Å². The summed E-state index contributed by atoms with van der Waals surface area (Å²) in [5, 5.41) is 7.12. The first-order valence-electron chi connectivity index (χ1n) is 20.2. The van der Waals surface area contributed by atoms with Gasteiger partial charge in [0, 0.05) is 37.5 Å². The number of pyridine rings is 1. The highest BCUT2D eigenvalue weighted by Crippen LogP contribution is 2.40. The number of ether oxygens (including phenoxy) is 6. The van der Waals surface area contributed by atoms with Crippen LogP contribution in [0, 0.1) is 6.92 Å². The summed E-state index contributed by atoms with van der Waals surface area (Å²) in [7, 11) is 1.41. The van der Waals surface area contributed by atoms with Gasteiger partial charge in [0.2, 0.25) is 5.88 Å². The third-order valence-corrected chi connectivity index (χ3v) is 7.73. The van der Waals surface area contributed by atoms with Crippen LogP contribution in [0.25, 0.3) is 11.3 Å². The van der Waals surface area contributed by atoms with Gasteiger partial charge in [-0.1, -0.05) is 0 Å². The zero-order valence-electron chi connectivity index (χ0n) is 38.1. The maximum atomic E-state index is 13.6. The minimum absolute atomic E-state index is 0.0694. The average Bonchev–Trinajstić information content (AvgIpc) is 3.53. The van der Waals surface area contributed by atoms with Gasteiger partial charge in [-0.3, -0.25) is 9.78 Å². The van der Waals surface area contributed by atoms with Crippen molar-refractivity contribution in [2.24, 2.45) is 0 Å². The molecule has 0 aromatic carbocycles. The molecule has 19 heteroatoms. The van der Waals surface area contributed by atoms with Crippen LogP contribution in [-0.4, -0.2) is 110 Å².